The molecule has 184 valence electrons. The monoisotopic (exact) mass is 547 g/mol. The van der Waals surface area contributed by atoms with Crippen molar-refractivity contribution in [2.75, 3.05) is 39.3 Å². The molecule has 0 saturated carbocycles. The third kappa shape index (κ3) is 6.34. The number of amides is 2. The van der Waals surface area contributed by atoms with Crippen LogP contribution in [0.15, 0.2) is 47.4 Å². The Hall–Kier alpha value is -2.04. The molecule has 34 heavy (non-hydrogen) atoms. The normalized spacial score (nSPS) is 14.4. The maximum absolute atomic E-state index is 13.5. The van der Waals surface area contributed by atoms with Crippen LogP contribution in [0.4, 0.5) is 4.79 Å². The van der Waals surface area contributed by atoms with Gasteiger partial charge in [0, 0.05) is 53.4 Å². The number of nitrogens with zero attached hydrogens (tertiary/aromatic N) is 3. The molecule has 1 saturated heterocycles. The molecule has 1 aliphatic rings. The molecule has 0 aromatic heterocycles. The van der Waals surface area contributed by atoms with Crippen LogP contribution in [0.3, 0.4) is 0 Å². The lowest BCUT2D eigenvalue weighted by atomic mass is 10.2. The molecule has 2 aromatic rings. The first-order valence-electron chi connectivity index (χ1n) is 10.5. The average molecular weight is 549 g/mol. The summed E-state index contributed by atoms with van der Waals surface area (Å²) < 4.78 is 33.0. The largest absolute Gasteiger partial charge is 0.450 e. The third-order valence-electron chi connectivity index (χ3n) is 5.32. The Morgan fingerprint density at radius 2 is 1.50 bits per heavy atom. The van der Waals surface area contributed by atoms with Crippen LogP contribution < -0.4 is 0 Å². The van der Waals surface area contributed by atoms with E-state index in [4.69, 9.17) is 39.5 Å². The average Bonchev–Trinajstić information content (AvgIpc) is 2.81. The number of carbonyl (C=O) groups excluding carboxylic acids is 2. The predicted molar refractivity (Wildman–Crippen MR) is 131 cm³/mol. The van der Waals surface area contributed by atoms with Gasteiger partial charge in [-0.05, 0) is 43.3 Å². The van der Waals surface area contributed by atoms with Crippen LogP contribution in [0, 0.1) is 0 Å². The van der Waals surface area contributed by atoms with E-state index in [1.807, 2.05) is 0 Å². The molecular weight excluding hydrogens is 525 g/mol. The topological polar surface area (TPSA) is 87.2 Å². The molecule has 0 spiro atoms. The van der Waals surface area contributed by atoms with Gasteiger partial charge in [0.1, 0.15) is 0 Å². The minimum absolute atomic E-state index is 0.0139. The van der Waals surface area contributed by atoms with E-state index in [0.717, 1.165) is 4.31 Å². The lowest BCUT2D eigenvalue weighted by Crippen LogP contribution is -2.53. The van der Waals surface area contributed by atoms with Crippen molar-refractivity contribution in [3.05, 3.63) is 63.1 Å². The summed E-state index contributed by atoms with van der Waals surface area (Å²) in [5.41, 5.74) is 0.392. The van der Waals surface area contributed by atoms with Crippen LogP contribution in [0.2, 0.25) is 15.1 Å². The van der Waals surface area contributed by atoms with Crippen molar-refractivity contribution in [1.82, 2.24) is 14.1 Å². The highest BCUT2D eigenvalue weighted by molar-refractivity contribution is 7.89. The zero-order valence-corrected chi connectivity index (χ0v) is 21.5. The van der Waals surface area contributed by atoms with Gasteiger partial charge in [-0.3, -0.25) is 4.79 Å². The number of rotatable bonds is 7. The smallest absolute Gasteiger partial charge is 0.409 e. The number of hydrogen-bond donors (Lipinski definition) is 0. The maximum Gasteiger partial charge on any atom is 0.409 e. The Kier molecular flexibility index (Phi) is 9.06. The van der Waals surface area contributed by atoms with Crippen molar-refractivity contribution < 1.29 is 22.7 Å². The van der Waals surface area contributed by atoms with Crippen molar-refractivity contribution in [2.45, 2.75) is 18.4 Å². The molecule has 2 amide bonds. The predicted octanol–water partition coefficient (Wildman–Crippen LogP) is 4.14. The third-order valence-corrected chi connectivity index (χ3v) is 8.08. The van der Waals surface area contributed by atoms with E-state index in [9.17, 15) is 18.0 Å². The number of sulfonamides is 1. The van der Waals surface area contributed by atoms with Crippen LogP contribution in [-0.2, 0) is 26.1 Å². The maximum atomic E-state index is 13.5. The molecule has 0 unspecified atom stereocenters. The van der Waals surface area contributed by atoms with Crippen LogP contribution >= 0.6 is 34.8 Å². The summed E-state index contributed by atoms with van der Waals surface area (Å²) in [6, 6.07) is 10.5. The highest BCUT2D eigenvalue weighted by Gasteiger charge is 2.31. The van der Waals surface area contributed by atoms with Crippen molar-refractivity contribution in [2.24, 2.45) is 0 Å². The Balaban J connectivity index is 1.82. The summed E-state index contributed by atoms with van der Waals surface area (Å²) in [6.45, 7) is 2.48. The van der Waals surface area contributed by atoms with Gasteiger partial charge in [-0.15, -0.1) is 0 Å². The zero-order chi connectivity index (χ0) is 24.9. The molecule has 0 bridgehead atoms. The Labute approximate surface area is 214 Å². The second-order valence-electron chi connectivity index (χ2n) is 7.49. The van der Waals surface area contributed by atoms with Gasteiger partial charge in [-0.1, -0.05) is 40.9 Å². The van der Waals surface area contributed by atoms with Gasteiger partial charge >= 0.3 is 6.09 Å². The summed E-state index contributed by atoms with van der Waals surface area (Å²) in [7, 11) is -4.09. The molecule has 1 aliphatic heterocycles. The van der Waals surface area contributed by atoms with E-state index in [0.29, 0.717) is 33.7 Å². The fourth-order valence-electron chi connectivity index (χ4n) is 3.45. The quantitative estimate of drug-likeness (QED) is 0.519. The van der Waals surface area contributed by atoms with Gasteiger partial charge in [0.25, 0.3) is 0 Å². The zero-order valence-electron chi connectivity index (χ0n) is 18.4. The van der Waals surface area contributed by atoms with Crippen molar-refractivity contribution in [1.29, 1.82) is 0 Å². The lowest BCUT2D eigenvalue weighted by Gasteiger charge is -2.35. The SMILES string of the molecule is CCOC(=O)N1CCN(C(=O)CN(Cc2c(Cl)cccc2Cl)S(=O)(=O)c2ccc(Cl)cc2)CC1. The summed E-state index contributed by atoms with van der Waals surface area (Å²) in [5.74, 6) is -0.399. The first-order valence-corrected chi connectivity index (χ1v) is 13.1. The second kappa shape index (κ2) is 11.6. The molecule has 8 nitrogen and oxygen atoms in total. The number of benzene rings is 2. The minimum atomic E-state index is -4.09. The van der Waals surface area contributed by atoms with Crippen LogP contribution in [0.5, 0.6) is 0 Å². The summed E-state index contributed by atoms with van der Waals surface area (Å²) >= 11 is 18.5. The molecule has 0 atom stereocenters. The molecule has 12 heteroatoms. The summed E-state index contributed by atoms with van der Waals surface area (Å²) in [6.07, 6.45) is -0.435. The minimum Gasteiger partial charge on any atom is -0.450 e. The summed E-state index contributed by atoms with van der Waals surface area (Å²) in [4.78, 5) is 28.0. The summed E-state index contributed by atoms with van der Waals surface area (Å²) in [5, 5.41) is 0.966. The molecule has 1 fully saturated rings. The number of carbonyl (C=O) groups is 2. The number of halogens is 3. The lowest BCUT2D eigenvalue weighted by molar-refractivity contribution is -0.133. The van der Waals surface area contributed by atoms with Crippen molar-refractivity contribution >= 4 is 56.8 Å². The van der Waals surface area contributed by atoms with Crippen LogP contribution in [0.25, 0.3) is 0 Å². The Morgan fingerprint density at radius 1 is 0.941 bits per heavy atom. The van der Waals surface area contributed by atoms with E-state index in [2.05, 4.69) is 0 Å². The molecule has 0 N–H and O–H groups in total. The Bertz CT molecular complexity index is 1120. The van der Waals surface area contributed by atoms with E-state index in [1.54, 1.807) is 25.1 Å². The molecule has 1 heterocycles. The number of hydrogen-bond acceptors (Lipinski definition) is 5. The molecule has 3 rings (SSSR count). The van der Waals surface area contributed by atoms with Crippen molar-refractivity contribution in [3.8, 4) is 0 Å². The fraction of sp³-hybridized carbons (Fsp3) is 0.364. The van der Waals surface area contributed by atoms with E-state index < -0.39 is 28.6 Å². The van der Waals surface area contributed by atoms with E-state index in [1.165, 1.54) is 34.1 Å². The number of piperazine rings is 1. The number of ether oxygens (including phenoxy) is 1. The van der Waals surface area contributed by atoms with Gasteiger partial charge in [-0.25, -0.2) is 13.2 Å². The first-order chi connectivity index (χ1) is 16.1. The van der Waals surface area contributed by atoms with E-state index >= 15 is 0 Å². The van der Waals surface area contributed by atoms with Gasteiger partial charge in [0.05, 0.1) is 18.0 Å². The molecule has 0 aliphatic carbocycles. The van der Waals surface area contributed by atoms with Gasteiger partial charge in [-0.2, -0.15) is 4.31 Å². The second-order valence-corrected chi connectivity index (χ2v) is 10.7. The van der Waals surface area contributed by atoms with Crippen LogP contribution in [-0.4, -0.2) is 73.9 Å². The Morgan fingerprint density at radius 3 is 2.06 bits per heavy atom. The molecular formula is C22H24Cl3N3O5S. The highest BCUT2D eigenvalue weighted by atomic mass is 35.5. The fourth-order valence-corrected chi connectivity index (χ4v) is 5.45. The van der Waals surface area contributed by atoms with Gasteiger partial charge in [0.2, 0.25) is 15.9 Å². The molecule has 2 aromatic carbocycles. The standard InChI is InChI=1S/C22H24Cl3N3O5S/c1-2-33-22(30)27-12-10-26(11-13-27)21(29)15-28(14-18-19(24)4-3-5-20(18)25)34(31,32)17-8-6-16(23)7-9-17/h3-9H,2,10-15H2,1H3. The van der Waals surface area contributed by atoms with Gasteiger partial charge in [0.15, 0.2) is 0 Å². The molecule has 0 radical (unpaired) electrons. The van der Waals surface area contributed by atoms with Gasteiger partial charge < -0.3 is 14.5 Å². The van der Waals surface area contributed by atoms with Crippen LogP contribution in [0.1, 0.15) is 12.5 Å². The van der Waals surface area contributed by atoms with E-state index in [-0.39, 0.29) is 31.1 Å². The van der Waals surface area contributed by atoms with Crippen molar-refractivity contribution in [3.63, 3.8) is 0 Å². The first kappa shape index (κ1) is 26.6. The highest BCUT2D eigenvalue weighted by Crippen LogP contribution is 2.28.